The molecule has 1 aliphatic rings. The van der Waals surface area contributed by atoms with E-state index in [1.807, 2.05) is 6.92 Å². The molecular formula is C13H17Cl2N5O3. The van der Waals surface area contributed by atoms with E-state index in [9.17, 15) is 14.4 Å². The number of rotatable bonds is 1. The number of H-pyrrole nitrogens is 2. The molecule has 3 heterocycles. The summed E-state index contributed by atoms with van der Waals surface area (Å²) in [5.74, 6) is -0.163. The standard InChI is InChI=1S/C13H15N5O3.2ClH/c1-7-5-14-2-3-18(7)12(20)8-4-9-10(15-6-8)16-13(21)17-11(9)19;;/h4,6-7,14H,2-3,5H2,1H3,(H2,15,16,17,19,21);2*1H/t7-;;/m1../s1. The molecule has 0 unspecified atom stereocenters. The van der Waals surface area contributed by atoms with Gasteiger partial charge in [0.05, 0.1) is 10.9 Å². The van der Waals surface area contributed by atoms with Crippen molar-refractivity contribution in [3.63, 3.8) is 0 Å². The number of pyridine rings is 1. The van der Waals surface area contributed by atoms with Crippen molar-refractivity contribution in [1.29, 1.82) is 0 Å². The van der Waals surface area contributed by atoms with Gasteiger partial charge in [-0.1, -0.05) is 0 Å². The predicted octanol–water partition coefficient (Wildman–Crippen LogP) is -0.111. The van der Waals surface area contributed by atoms with Crippen LogP contribution in [0.15, 0.2) is 21.9 Å². The van der Waals surface area contributed by atoms with Gasteiger partial charge in [-0.3, -0.25) is 19.6 Å². The number of amides is 1. The lowest BCUT2D eigenvalue weighted by molar-refractivity contribution is 0.0655. The Kier molecular flexibility index (Phi) is 6.31. The summed E-state index contributed by atoms with van der Waals surface area (Å²) < 4.78 is 0. The van der Waals surface area contributed by atoms with Crippen molar-refractivity contribution in [1.82, 2.24) is 25.2 Å². The zero-order chi connectivity index (χ0) is 15.0. The van der Waals surface area contributed by atoms with Gasteiger partial charge in [0.2, 0.25) is 0 Å². The summed E-state index contributed by atoms with van der Waals surface area (Å²) >= 11 is 0. The molecule has 8 nitrogen and oxygen atoms in total. The molecule has 2 aromatic rings. The van der Waals surface area contributed by atoms with Crippen LogP contribution in [0.1, 0.15) is 17.3 Å². The van der Waals surface area contributed by atoms with Gasteiger partial charge >= 0.3 is 5.69 Å². The number of halogens is 2. The van der Waals surface area contributed by atoms with E-state index in [-0.39, 0.29) is 47.8 Å². The van der Waals surface area contributed by atoms with E-state index in [2.05, 4.69) is 20.3 Å². The molecule has 1 amide bonds. The van der Waals surface area contributed by atoms with Gasteiger partial charge in [-0.25, -0.2) is 9.78 Å². The summed E-state index contributed by atoms with van der Waals surface area (Å²) in [4.78, 5) is 45.8. The highest BCUT2D eigenvalue weighted by molar-refractivity contribution is 5.96. The highest BCUT2D eigenvalue weighted by Gasteiger charge is 2.24. The predicted molar refractivity (Wildman–Crippen MR) is 90.8 cm³/mol. The summed E-state index contributed by atoms with van der Waals surface area (Å²) in [5.41, 5.74) is -0.651. The van der Waals surface area contributed by atoms with Crippen LogP contribution in [-0.2, 0) is 0 Å². The second-order valence-electron chi connectivity index (χ2n) is 5.08. The van der Waals surface area contributed by atoms with Crippen LogP contribution in [0, 0.1) is 0 Å². The number of fused-ring (bicyclic) bond motifs is 1. The molecule has 1 fully saturated rings. The van der Waals surface area contributed by atoms with E-state index >= 15 is 0 Å². The van der Waals surface area contributed by atoms with E-state index < -0.39 is 11.2 Å². The molecule has 0 aliphatic carbocycles. The zero-order valence-corrected chi connectivity index (χ0v) is 13.9. The van der Waals surface area contributed by atoms with E-state index in [0.717, 1.165) is 13.1 Å². The van der Waals surface area contributed by atoms with Crippen LogP contribution in [0.3, 0.4) is 0 Å². The minimum Gasteiger partial charge on any atom is -0.333 e. The summed E-state index contributed by atoms with van der Waals surface area (Å²) in [6.07, 6.45) is 1.38. The first-order valence-corrected chi connectivity index (χ1v) is 6.70. The number of nitrogens with one attached hydrogen (secondary N) is 3. The topological polar surface area (TPSA) is 111 Å². The molecule has 3 rings (SSSR count). The number of aromatic amines is 2. The summed E-state index contributed by atoms with van der Waals surface area (Å²) in [7, 11) is 0. The molecule has 3 N–H and O–H groups in total. The maximum atomic E-state index is 12.5. The largest absolute Gasteiger partial charge is 0.333 e. The number of nitrogens with zero attached hydrogens (tertiary/aromatic N) is 2. The molecular weight excluding hydrogens is 345 g/mol. The molecule has 1 aliphatic heterocycles. The van der Waals surface area contributed by atoms with E-state index in [1.165, 1.54) is 12.3 Å². The second-order valence-corrected chi connectivity index (χ2v) is 5.08. The van der Waals surface area contributed by atoms with Crippen molar-refractivity contribution >= 4 is 41.8 Å². The number of aromatic nitrogens is 3. The summed E-state index contributed by atoms with van der Waals surface area (Å²) in [5, 5.41) is 3.41. The Hall–Kier alpha value is -1.90. The fourth-order valence-corrected chi connectivity index (χ4v) is 2.47. The maximum absolute atomic E-state index is 12.5. The van der Waals surface area contributed by atoms with E-state index in [4.69, 9.17) is 0 Å². The minimum atomic E-state index is -0.616. The van der Waals surface area contributed by atoms with Gasteiger partial charge in [-0.15, -0.1) is 24.8 Å². The van der Waals surface area contributed by atoms with Crippen LogP contribution in [0.4, 0.5) is 0 Å². The summed E-state index contributed by atoms with van der Waals surface area (Å²) in [6, 6.07) is 1.55. The molecule has 0 radical (unpaired) electrons. The van der Waals surface area contributed by atoms with Gasteiger partial charge in [0.1, 0.15) is 5.65 Å². The molecule has 0 aromatic carbocycles. The fourth-order valence-electron chi connectivity index (χ4n) is 2.47. The van der Waals surface area contributed by atoms with Crippen molar-refractivity contribution in [3.8, 4) is 0 Å². The Bertz CT molecular complexity index is 819. The van der Waals surface area contributed by atoms with E-state index in [0.29, 0.717) is 12.1 Å². The average molecular weight is 362 g/mol. The lowest BCUT2D eigenvalue weighted by Crippen LogP contribution is -2.52. The van der Waals surface area contributed by atoms with Crippen molar-refractivity contribution in [2.75, 3.05) is 19.6 Å². The first-order valence-electron chi connectivity index (χ1n) is 6.70. The van der Waals surface area contributed by atoms with Gasteiger partial charge in [0, 0.05) is 31.9 Å². The van der Waals surface area contributed by atoms with Crippen LogP contribution in [0.2, 0.25) is 0 Å². The van der Waals surface area contributed by atoms with Crippen LogP contribution in [0.25, 0.3) is 11.0 Å². The highest BCUT2D eigenvalue weighted by Crippen LogP contribution is 2.12. The van der Waals surface area contributed by atoms with Gasteiger partial charge in [-0.05, 0) is 13.0 Å². The van der Waals surface area contributed by atoms with Crippen LogP contribution in [-0.4, -0.2) is 51.4 Å². The first-order chi connectivity index (χ1) is 10.1. The lowest BCUT2D eigenvalue weighted by atomic mass is 10.1. The zero-order valence-electron chi connectivity index (χ0n) is 12.3. The smallest absolute Gasteiger partial charge is 0.327 e. The molecule has 0 saturated carbocycles. The number of hydrogen-bond acceptors (Lipinski definition) is 5. The third-order valence-corrected chi connectivity index (χ3v) is 3.60. The fraction of sp³-hybridized carbons (Fsp3) is 0.385. The molecule has 23 heavy (non-hydrogen) atoms. The van der Waals surface area contributed by atoms with Gasteiger partial charge in [0.15, 0.2) is 0 Å². The van der Waals surface area contributed by atoms with Crippen LogP contribution in [0.5, 0.6) is 0 Å². The highest BCUT2D eigenvalue weighted by atomic mass is 35.5. The molecule has 0 spiro atoms. The van der Waals surface area contributed by atoms with Gasteiger partial charge in [0.25, 0.3) is 11.5 Å². The van der Waals surface area contributed by atoms with Crippen molar-refractivity contribution in [2.45, 2.75) is 13.0 Å². The minimum absolute atomic E-state index is 0. The SMILES string of the molecule is C[C@@H]1CNCCN1C(=O)c1cnc2[nH]c(=O)[nH]c(=O)c2c1.Cl.Cl. The second kappa shape index (κ2) is 7.58. The molecule has 10 heteroatoms. The molecule has 2 aromatic heterocycles. The van der Waals surface area contributed by atoms with Crippen molar-refractivity contribution in [3.05, 3.63) is 38.7 Å². The number of carbonyl (C=O) groups is 1. The summed E-state index contributed by atoms with van der Waals surface area (Å²) in [6.45, 7) is 4.05. The third kappa shape index (κ3) is 3.72. The normalized spacial score (nSPS) is 17.3. The Labute approximate surface area is 143 Å². The number of hydrogen-bond donors (Lipinski definition) is 3. The Morgan fingerprint density at radius 2 is 2.04 bits per heavy atom. The van der Waals surface area contributed by atoms with Crippen molar-refractivity contribution < 1.29 is 4.79 Å². The van der Waals surface area contributed by atoms with Crippen molar-refractivity contribution in [2.24, 2.45) is 0 Å². The molecule has 126 valence electrons. The third-order valence-electron chi connectivity index (χ3n) is 3.60. The first kappa shape index (κ1) is 19.1. The van der Waals surface area contributed by atoms with Crippen LogP contribution >= 0.6 is 24.8 Å². The molecule has 0 bridgehead atoms. The number of carbonyl (C=O) groups excluding carboxylic acids is 1. The molecule has 1 atom stereocenters. The Morgan fingerprint density at radius 1 is 1.30 bits per heavy atom. The quantitative estimate of drug-likeness (QED) is 0.656. The monoisotopic (exact) mass is 361 g/mol. The van der Waals surface area contributed by atoms with E-state index in [1.54, 1.807) is 4.90 Å². The van der Waals surface area contributed by atoms with Gasteiger partial charge < -0.3 is 10.2 Å². The van der Waals surface area contributed by atoms with Crippen LogP contribution < -0.4 is 16.6 Å². The number of piperazine rings is 1. The Balaban J connectivity index is 0.00000132. The Morgan fingerprint density at radius 3 is 2.74 bits per heavy atom. The average Bonchev–Trinajstić information content (AvgIpc) is 2.46. The maximum Gasteiger partial charge on any atom is 0.327 e. The van der Waals surface area contributed by atoms with Gasteiger partial charge in [-0.2, -0.15) is 0 Å². The molecule has 1 saturated heterocycles. The lowest BCUT2D eigenvalue weighted by Gasteiger charge is -2.33.